The van der Waals surface area contributed by atoms with Crippen molar-refractivity contribution in [3.05, 3.63) is 0 Å². The molecule has 18 heavy (non-hydrogen) atoms. The maximum Gasteiger partial charge on any atom is 0.245 e. The molecule has 1 unspecified atom stereocenters. The molecule has 0 aromatic heterocycles. The van der Waals surface area contributed by atoms with Crippen LogP contribution >= 0.6 is 0 Å². The second kappa shape index (κ2) is 6.50. The minimum atomic E-state index is -0.334. The molecule has 2 fully saturated rings. The number of nitrogens with two attached hydrogens (primary N) is 1. The van der Waals surface area contributed by atoms with Crippen LogP contribution in [0.2, 0.25) is 0 Å². The van der Waals surface area contributed by atoms with Gasteiger partial charge in [0.25, 0.3) is 0 Å². The zero-order valence-corrected chi connectivity index (χ0v) is 11.0. The smallest absolute Gasteiger partial charge is 0.245 e. The van der Waals surface area contributed by atoms with Crippen molar-refractivity contribution in [2.75, 3.05) is 6.61 Å². The first-order chi connectivity index (χ1) is 8.68. The molecule has 0 bridgehead atoms. The van der Waals surface area contributed by atoms with Gasteiger partial charge in [0.2, 0.25) is 5.91 Å². The van der Waals surface area contributed by atoms with E-state index in [1.165, 1.54) is 6.42 Å². The summed E-state index contributed by atoms with van der Waals surface area (Å²) in [5, 5.41) is 0. The predicted molar refractivity (Wildman–Crippen MR) is 67.4 cm³/mol. The van der Waals surface area contributed by atoms with E-state index < -0.39 is 0 Å². The Bertz CT molecular complexity index is 271. The van der Waals surface area contributed by atoms with E-state index in [1.807, 2.05) is 0 Å². The molecule has 0 aromatic rings. The monoisotopic (exact) mass is 256 g/mol. The molecule has 1 saturated carbocycles. The number of hydrogen-bond acceptors (Lipinski definition) is 4. The van der Waals surface area contributed by atoms with Crippen LogP contribution in [-0.2, 0) is 14.4 Å². The standard InChI is InChI=1S/C13H24N2O3/c14-13(7-3-1-4-8-13)10-11(16)15-18-12-6-2-5-9-17-12/h12H,1-10,14H2,(H,15,16). The van der Waals surface area contributed by atoms with Crippen molar-refractivity contribution in [2.45, 2.75) is 69.6 Å². The highest BCUT2D eigenvalue weighted by Crippen LogP contribution is 2.28. The number of hydroxylamine groups is 1. The molecule has 1 heterocycles. The Kier molecular flexibility index (Phi) is 4.97. The largest absolute Gasteiger partial charge is 0.350 e. The van der Waals surface area contributed by atoms with Gasteiger partial charge in [-0.05, 0) is 25.7 Å². The van der Waals surface area contributed by atoms with Gasteiger partial charge < -0.3 is 10.5 Å². The van der Waals surface area contributed by atoms with E-state index in [0.29, 0.717) is 13.0 Å². The molecule has 5 heteroatoms. The van der Waals surface area contributed by atoms with E-state index in [1.54, 1.807) is 0 Å². The fourth-order valence-corrected chi connectivity index (χ4v) is 2.72. The first-order valence-electron chi connectivity index (χ1n) is 7.03. The van der Waals surface area contributed by atoms with Gasteiger partial charge in [0, 0.05) is 25.0 Å². The van der Waals surface area contributed by atoms with E-state index in [4.69, 9.17) is 15.3 Å². The summed E-state index contributed by atoms with van der Waals surface area (Å²) >= 11 is 0. The third-order valence-electron chi connectivity index (χ3n) is 3.80. The van der Waals surface area contributed by atoms with Crippen LogP contribution in [0.3, 0.4) is 0 Å². The van der Waals surface area contributed by atoms with Gasteiger partial charge in [0.1, 0.15) is 0 Å². The fraction of sp³-hybridized carbons (Fsp3) is 0.923. The number of carbonyl (C=O) groups is 1. The van der Waals surface area contributed by atoms with Gasteiger partial charge in [-0.2, -0.15) is 0 Å². The van der Waals surface area contributed by atoms with Gasteiger partial charge in [-0.1, -0.05) is 19.3 Å². The zero-order chi connectivity index (χ0) is 12.8. The Balaban J connectivity index is 1.67. The Labute approximate surface area is 108 Å². The Hall–Kier alpha value is -0.650. The number of carbonyl (C=O) groups excluding carboxylic acids is 1. The van der Waals surface area contributed by atoms with Crippen molar-refractivity contribution in [1.82, 2.24) is 5.48 Å². The number of hydrogen-bond donors (Lipinski definition) is 2. The second-order valence-electron chi connectivity index (χ2n) is 5.54. The molecular formula is C13H24N2O3. The predicted octanol–water partition coefficient (Wildman–Crippen LogP) is 1.61. The average Bonchev–Trinajstić information content (AvgIpc) is 2.38. The van der Waals surface area contributed by atoms with Crippen molar-refractivity contribution in [1.29, 1.82) is 0 Å². The molecular weight excluding hydrogens is 232 g/mol. The van der Waals surface area contributed by atoms with Crippen molar-refractivity contribution < 1.29 is 14.4 Å². The van der Waals surface area contributed by atoms with Crippen LogP contribution in [-0.4, -0.2) is 24.3 Å². The van der Waals surface area contributed by atoms with Crippen LogP contribution in [0, 0.1) is 0 Å². The fourth-order valence-electron chi connectivity index (χ4n) is 2.72. The normalized spacial score (nSPS) is 27.7. The minimum absolute atomic E-state index is 0.131. The Morgan fingerprint density at radius 2 is 2.06 bits per heavy atom. The van der Waals surface area contributed by atoms with Gasteiger partial charge in [-0.3, -0.25) is 4.79 Å². The second-order valence-corrected chi connectivity index (χ2v) is 5.54. The summed E-state index contributed by atoms with van der Waals surface area (Å²) in [5.74, 6) is -0.131. The van der Waals surface area contributed by atoms with Crippen molar-refractivity contribution in [3.63, 3.8) is 0 Å². The molecule has 0 radical (unpaired) electrons. The van der Waals surface area contributed by atoms with Crippen LogP contribution in [0.25, 0.3) is 0 Å². The Morgan fingerprint density at radius 3 is 2.72 bits per heavy atom. The van der Waals surface area contributed by atoms with Crippen molar-refractivity contribution in [3.8, 4) is 0 Å². The van der Waals surface area contributed by atoms with Gasteiger partial charge in [0.05, 0.1) is 0 Å². The molecule has 0 aromatic carbocycles. The van der Waals surface area contributed by atoms with Crippen molar-refractivity contribution >= 4 is 5.91 Å². The summed E-state index contributed by atoms with van der Waals surface area (Å²) in [6.07, 6.45) is 8.39. The first-order valence-corrected chi connectivity index (χ1v) is 7.03. The highest BCUT2D eigenvalue weighted by molar-refractivity contribution is 5.76. The van der Waals surface area contributed by atoms with Crippen LogP contribution < -0.4 is 11.2 Å². The molecule has 0 spiro atoms. The van der Waals surface area contributed by atoms with Crippen LogP contribution in [0.1, 0.15) is 57.8 Å². The molecule has 1 amide bonds. The van der Waals surface area contributed by atoms with Crippen LogP contribution in [0.4, 0.5) is 0 Å². The summed E-state index contributed by atoms with van der Waals surface area (Å²) in [5.41, 5.74) is 8.37. The lowest BCUT2D eigenvalue weighted by molar-refractivity contribution is -0.201. The maximum atomic E-state index is 11.8. The summed E-state index contributed by atoms with van der Waals surface area (Å²) < 4.78 is 5.38. The third-order valence-corrected chi connectivity index (χ3v) is 3.80. The number of nitrogens with one attached hydrogen (secondary N) is 1. The molecule has 1 atom stereocenters. The average molecular weight is 256 g/mol. The lowest BCUT2D eigenvalue weighted by Crippen LogP contribution is -2.46. The SMILES string of the molecule is NC1(CC(=O)NOC2CCCCO2)CCCCC1. The topological polar surface area (TPSA) is 73.6 Å². The van der Waals surface area contributed by atoms with E-state index in [0.717, 1.165) is 44.9 Å². The zero-order valence-electron chi connectivity index (χ0n) is 11.0. The van der Waals surface area contributed by atoms with E-state index in [-0.39, 0.29) is 17.7 Å². The molecule has 2 aliphatic rings. The first kappa shape index (κ1) is 13.8. The molecule has 104 valence electrons. The maximum absolute atomic E-state index is 11.8. The molecule has 5 nitrogen and oxygen atoms in total. The van der Waals surface area contributed by atoms with Crippen LogP contribution in [0.5, 0.6) is 0 Å². The van der Waals surface area contributed by atoms with Gasteiger partial charge in [-0.25, -0.2) is 10.3 Å². The Morgan fingerprint density at radius 1 is 1.28 bits per heavy atom. The van der Waals surface area contributed by atoms with E-state index in [2.05, 4.69) is 5.48 Å². The molecule has 3 N–H and O–H groups in total. The lowest BCUT2D eigenvalue weighted by Gasteiger charge is -2.32. The summed E-state index contributed by atoms with van der Waals surface area (Å²) in [6.45, 7) is 0.710. The highest BCUT2D eigenvalue weighted by Gasteiger charge is 2.30. The molecule has 1 aliphatic heterocycles. The summed E-state index contributed by atoms with van der Waals surface area (Å²) in [6, 6.07) is 0. The molecule has 2 rings (SSSR count). The minimum Gasteiger partial charge on any atom is -0.350 e. The highest BCUT2D eigenvalue weighted by atomic mass is 16.8. The summed E-state index contributed by atoms with van der Waals surface area (Å²) in [7, 11) is 0. The quantitative estimate of drug-likeness (QED) is 0.749. The number of amides is 1. The molecule has 1 saturated heterocycles. The molecule has 1 aliphatic carbocycles. The van der Waals surface area contributed by atoms with E-state index >= 15 is 0 Å². The van der Waals surface area contributed by atoms with Crippen LogP contribution in [0.15, 0.2) is 0 Å². The number of ether oxygens (including phenoxy) is 1. The van der Waals surface area contributed by atoms with Gasteiger partial charge in [-0.15, -0.1) is 0 Å². The lowest BCUT2D eigenvalue weighted by atomic mass is 9.80. The number of rotatable bonds is 4. The van der Waals surface area contributed by atoms with Crippen molar-refractivity contribution in [2.24, 2.45) is 5.73 Å². The third kappa shape index (κ3) is 4.23. The summed E-state index contributed by atoms with van der Waals surface area (Å²) in [4.78, 5) is 17.0. The van der Waals surface area contributed by atoms with Gasteiger partial charge >= 0.3 is 0 Å². The van der Waals surface area contributed by atoms with E-state index in [9.17, 15) is 4.79 Å². The van der Waals surface area contributed by atoms with Gasteiger partial charge in [0.15, 0.2) is 6.29 Å².